The summed E-state index contributed by atoms with van der Waals surface area (Å²) in [5.74, 6) is -1.90. The van der Waals surface area contributed by atoms with Crippen molar-refractivity contribution in [2.75, 3.05) is 0 Å². The van der Waals surface area contributed by atoms with Crippen LogP contribution in [-0.4, -0.2) is 16.1 Å². The molecule has 6 heteroatoms. The van der Waals surface area contributed by atoms with Gasteiger partial charge in [-0.3, -0.25) is 4.79 Å². The highest BCUT2D eigenvalue weighted by molar-refractivity contribution is 7.08. The molecule has 3 rings (SSSR count). The second-order valence-electron chi connectivity index (χ2n) is 6.40. The average Bonchev–Trinajstić information content (AvgIpc) is 3.07. The van der Waals surface area contributed by atoms with Gasteiger partial charge in [0.2, 0.25) is 5.91 Å². The van der Waals surface area contributed by atoms with Gasteiger partial charge in [0.05, 0.1) is 0 Å². The van der Waals surface area contributed by atoms with Crippen LogP contribution < -0.4 is 5.73 Å². The highest BCUT2D eigenvalue weighted by atomic mass is 32.1. The molecule has 0 aliphatic heterocycles. The third-order valence-electron chi connectivity index (χ3n) is 4.56. The summed E-state index contributed by atoms with van der Waals surface area (Å²) in [5.41, 5.74) is 8.14. The van der Waals surface area contributed by atoms with Crippen molar-refractivity contribution in [3.05, 3.63) is 57.5 Å². The predicted octanol–water partition coefficient (Wildman–Crippen LogP) is 4.99. The van der Waals surface area contributed by atoms with Gasteiger partial charge in [-0.2, -0.15) is 11.3 Å². The van der Waals surface area contributed by atoms with E-state index in [0.717, 1.165) is 5.56 Å². The lowest BCUT2D eigenvalue weighted by atomic mass is 9.89. The Morgan fingerprint density at radius 3 is 2.30 bits per heavy atom. The van der Waals surface area contributed by atoms with Gasteiger partial charge in [0, 0.05) is 22.3 Å². The Balaban J connectivity index is 2.36. The maximum atomic E-state index is 15.5. The summed E-state index contributed by atoms with van der Waals surface area (Å²) in [4.78, 5) is 11.3. The fourth-order valence-electron chi connectivity index (χ4n) is 3.17. The van der Waals surface area contributed by atoms with Crippen LogP contribution in [0.25, 0.3) is 22.3 Å². The first-order valence-electron chi connectivity index (χ1n) is 8.56. The zero-order valence-electron chi connectivity index (χ0n) is 15.0. The van der Waals surface area contributed by atoms with Crippen molar-refractivity contribution < 1.29 is 19.4 Å². The molecule has 0 aliphatic rings. The van der Waals surface area contributed by atoms with Crippen molar-refractivity contribution in [3.8, 4) is 33.8 Å². The maximum absolute atomic E-state index is 15.5. The molecule has 27 heavy (non-hydrogen) atoms. The van der Waals surface area contributed by atoms with Crippen LogP contribution in [0.2, 0.25) is 0 Å². The molecule has 0 radical (unpaired) electrons. The average molecular weight is 385 g/mol. The van der Waals surface area contributed by atoms with E-state index in [4.69, 9.17) is 5.73 Å². The molecule has 140 valence electrons. The number of aryl methyl sites for hydroxylation is 1. The molecule has 1 amide bonds. The number of halogens is 1. The predicted molar refractivity (Wildman–Crippen MR) is 106 cm³/mol. The lowest BCUT2D eigenvalue weighted by Gasteiger charge is -2.18. The number of phenolic OH excluding ortho intramolecular Hbond substituents is 2. The molecule has 3 aromatic rings. The van der Waals surface area contributed by atoms with Crippen LogP contribution in [0.4, 0.5) is 4.39 Å². The lowest BCUT2D eigenvalue weighted by Crippen LogP contribution is -2.10. The van der Waals surface area contributed by atoms with E-state index in [2.05, 4.69) is 0 Å². The Labute approximate surface area is 160 Å². The van der Waals surface area contributed by atoms with Crippen molar-refractivity contribution >= 4 is 17.2 Å². The molecular formula is C21H20FNO3S. The van der Waals surface area contributed by atoms with E-state index >= 15 is 4.39 Å². The molecule has 0 spiro atoms. The number of aromatic hydroxyl groups is 2. The van der Waals surface area contributed by atoms with Crippen molar-refractivity contribution in [1.29, 1.82) is 0 Å². The normalized spacial score (nSPS) is 10.9. The zero-order valence-corrected chi connectivity index (χ0v) is 15.9. The molecule has 4 nitrogen and oxygen atoms in total. The summed E-state index contributed by atoms with van der Waals surface area (Å²) < 4.78 is 15.5. The number of nitrogens with two attached hydrogens (primary N) is 1. The standard InChI is InChI=1S/C21H20FNO3S/c1-3-4-14-18(22)16(12-5-7-13(8-6-12)21(23)26)17(20(25)19(14)24)15-10-27-9-11(15)2/h5-10,24-25H,3-4H2,1-2H3,(H2,23,26). The second-order valence-corrected chi connectivity index (χ2v) is 7.14. The van der Waals surface area contributed by atoms with E-state index in [9.17, 15) is 15.0 Å². The molecule has 1 aromatic heterocycles. The molecular weight excluding hydrogens is 365 g/mol. The van der Waals surface area contributed by atoms with E-state index in [0.29, 0.717) is 29.5 Å². The molecule has 0 aliphatic carbocycles. The highest BCUT2D eigenvalue weighted by Gasteiger charge is 2.26. The van der Waals surface area contributed by atoms with Gasteiger partial charge in [0.1, 0.15) is 5.82 Å². The third-order valence-corrected chi connectivity index (χ3v) is 5.43. The van der Waals surface area contributed by atoms with Crippen LogP contribution in [-0.2, 0) is 6.42 Å². The number of hydrogen-bond donors (Lipinski definition) is 3. The van der Waals surface area contributed by atoms with Crippen LogP contribution in [0.5, 0.6) is 11.5 Å². The SMILES string of the molecule is CCCc1c(O)c(O)c(-c2cscc2C)c(-c2ccc(C(N)=O)cc2)c1F. The molecule has 1 heterocycles. The first-order chi connectivity index (χ1) is 12.9. The van der Waals surface area contributed by atoms with Crippen LogP contribution in [0.15, 0.2) is 35.0 Å². The molecule has 0 saturated heterocycles. The Hall–Kier alpha value is -2.86. The Bertz CT molecular complexity index is 1010. The van der Waals surface area contributed by atoms with Crippen LogP contribution in [0.3, 0.4) is 0 Å². The summed E-state index contributed by atoms with van der Waals surface area (Å²) in [6.45, 7) is 3.73. The summed E-state index contributed by atoms with van der Waals surface area (Å²) in [7, 11) is 0. The minimum atomic E-state index is -0.573. The smallest absolute Gasteiger partial charge is 0.248 e. The monoisotopic (exact) mass is 385 g/mol. The van der Waals surface area contributed by atoms with E-state index in [1.807, 2.05) is 24.6 Å². The Morgan fingerprint density at radius 2 is 1.78 bits per heavy atom. The molecule has 4 N–H and O–H groups in total. The van der Waals surface area contributed by atoms with Gasteiger partial charge in [0.15, 0.2) is 11.5 Å². The topological polar surface area (TPSA) is 83.6 Å². The number of thiophene rings is 1. The number of carbonyl (C=O) groups excluding carboxylic acids is 1. The van der Waals surface area contributed by atoms with Crippen molar-refractivity contribution in [1.82, 2.24) is 0 Å². The summed E-state index contributed by atoms with van der Waals surface area (Å²) in [5, 5.41) is 24.8. The number of carbonyl (C=O) groups is 1. The Morgan fingerprint density at radius 1 is 1.11 bits per heavy atom. The van der Waals surface area contributed by atoms with Crippen molar-refractivity contribution in [2.45, 2.75) is 26.7 Å². The number of primary amides is 1. The Kier molecular flexibility index (Phi) is 5.19. The number of phenols is 2. The van der Waals surface area contributed by atoms with Gasteiger partial charge in [-0.1, -0.05) is 25.5 Å². The van der Waals surface area contributed by atoms with Gasteiger partial charge in [0.25, 0.3) is 0 Å². The number of rotatable bonds is 5. The van der Waals surface area contributed by atoms with Gasteiger partial charge < -0.3 is 15.9 Å². The fraction of sp³-hybridized carbons (Fsp3) is 0.190. The third kappa shape index (κ3) is 3.28. The van der Waals surface area contributed by atoms with Gasteiger partial charge >= 0.3 is 0 Å². The largest absolute Gasteiger partial charge is 0.504 e. The second kappa shape index (κ2) is 7.40. The molecule has 0 atom stereocenters. The number of amides is 1. The summed E-state index contributed by atoms with van der Waals surface area (Å²) in [6.07, 6.45) is 0.904. The minimum Gasteiger partial charge on any atom is -0.504 e. The lowest BCUT2D eigenvalue weighted by molar-refractivity contribution is 0.100. The fourth-order valence-corrected chi connectivity index (χ4v) is 4.01. The van der Waals surface area contributed by atoms with E-state index in [1.165, 1.54) is 23.5 Å². The molecule has 0 unspecified atom stereocenters. The zero-order chi connectivity index (χ0) is 19.7. The maximum Gasteiger partial charge on any atom is 0.248 e. The molecule has 2 aromatic carbocycles. The first kappa shape index (κ1) is 18.9. The van der Waals surface area contributed by atoms with Crippen LogP contribution >= 0.6 is 11.3 Å². The highest BCUT2D eigenvalue weighted by Crippen LogP contribution is 2.49. The summed E-state index contributed by atoms with van der Waals surface area (Å²) in [6, 6.07) is 6.22. The first-order valence-corrected chi connectivity index (χ1v) is 9.50. The van der Waals surface area contributed by atoms with E-state index in [-0.39, 0.29) is 22.4 Å². The molecule has 0 bridgehead atoms. The van der Waals surface area contributed by atoms with Gasteiger partial charge in [-0.05, 0) is 52.9 Å². The number of hydrogen-bond acceptors (Lipinski definition) is 4. The van der Waals surface area contributed by atoms with Crippen LogP contribution in [0.1, 0.15) is 34.8 Å². The van der Waals surface area contributed by atoms with Crippen molar-refractivity contribution in [3.63, 3.8) is 0 Å². The quantitative estimate of drug-likeness (QED) is 0.541. The van der Waals surface area contributed by atoms with E-state index < -0.39 is 17.5 Å². The minimum absolute atomic E-state index is 0.0839. The molecule has 0 saturated carbocycles. The van der Waals surface area contributed by atoms with Gasteiger partial charge in [-0.25, -0.2) is 4.39 Å². The van der Waals surface area contributed by atoms with Gasteiger partial charge in [-0.15, -0.1) is 0 Å². The van der Waals surface area contributed by atoms with Crippen LogP contribution in [0, 0.1) is 12.7 Å². The number of benzene rings is 2. The van der Waals surface area contributed by atoms with Crippen molar-refractivity contribution in [2.24, 2.45) is 5.73 Å². The van der Waals surface area contributed by atoms with E-state index in [1.54, 1.807) is 12.1 Å². The molecule has 0 fully saturated rings. The summed E-state index contributed by atoms with van der Waals surface area (Å²) >= 11 is 1.43.